The number of hydrogen-bond donors (Lipinski definition) is 0. The molecule has 9 heteroatoms. The number of carbonyl (C=O) groups is 1. The van der Waals surface area contributed by atoms with Crippen LogP contribution in [0, 0.1) is 0 Å². The maximum absolute atomic E-state index is 13.3. The van der Waals surface area contributed by atoms with Crippen molar-refractivity contribution in [3.63, 3.8) is 0 Å². The molecule has 2 aromatic carbocycles. The Balaban J connectivity index is 1.12. The Morgan fingerprint density at radius 3 is 2.44 bits per heavy atom. The molecule has 2 atom stereocenters. The minimum atomic E-state index is -0.593. The Morgan fingerprint density at radius 2 is 1.74 bits per heavy atom. The molecular weight excluding hydrogens is 512 g/mol. The zero-order chi connectivity index (χ0) is 27.0. The summed E-state index contributed by atoms with van der Waals surface area (Å²) >= 11 is 1.77. The number of thioether (sulfide) groups is 1. The number of carbonyl (C=O) groups excluding carboxylic acids is 1. The van der Waals surface area contributed by atoms with Gasteiger partial charge in [-0.3, -0.25) is 4.79 Å². The molecule has 1 aromatic heterocycles. The monoisotopic (exact) mass is 546 g/mol. The van der Waals surface area contributed by atoms with Gasteiger partial charge in [0.15, 0.2) is 5.79 Å². The third kappa shape index (κ3) is 5.76. The van der Waals surface area contributed by atoms with Crippen molar-refractivity contribution in [1.29, 1.82) is 0 Å². The maximum atomic E-state index is 13.3. The molecule has 0 spiro atoms. The zero-order valence-corrected chi connectivity index (χ0v) is 23.4. The number of rotatable bonds is 6. The van der Waals surface area contributed by atoms with Gasteiger partial charge in [-0.1, -0.05) is 49.4 Å². The van der Waals surface area contributed by atoms with Crippen LogP contribution in [0.3, 0.4) is 0 Å². The van der Waals surface area contributed by atoms with E-state index in [-0.39, 0.29) is 12.0 Å². The number of nitrogens with zero attached hydrogens (tertiary/aromatic N) is 4. The van der Waals surface area contributed by atoms with E-state index in [9.17, 15) is 4.79 Å². The molecule has 1 amide bonds. The Hall–Kier alpha value is -3.14. The fourth-order valence-electron chi connectivity index (χ4n) is 5.31. The summed E-state index contributed by atoms with van der Waals surface area (Å²) in [5.41, 5.74) is 4.15. The van der Waals surface area contributed by atoms with Crippen LogP contribution in [0.2, 0.25) is 0 Å². The van der Waals surface area contributed by atoms with Crippen LogP contribution >= 0.6 is 11.8 Å². The number of amides is 1. The van der Waals surface area contributed by atoms with E-state index >= 15 is 0 Å². The molecule has 6 rings (SSSR count). The summed E-state index contributed by atoms with van der Waals surface area (Å²) in [4.78, 5) is 27.0. The fourth-order valence-corrected chi connectivity index (χ4v) is 6.39. The van der Waals surface area contributed by atoms with Crippen LogP contribution in [-0.2, 0) is 15.9 Å². The largest absolute Gasteiger partial charge is 0.461 e. The molecule has 8 nitrogen and oxygen atoms in total. The van der Waals surface area contributed by atoms with Gasteiger partial charge < -0.3 is 24.0 Å². The van der Waals surface area contributed by atoms with Crippen molar-refractivity contribution < 1.29 is 19.0 Å². The van der Waals surface area contributed by atoms with E-state index in [1.807, 2.05) is 61.2 Å². The molecule has 4 heterocycles. The molecule has 0 N–H and O–H groups in total. The van der Waals surface area contributed by atoms with Crippen LogP contribution in [-0.4, -0.2) is 77.3 Å². The molecule has 3 aliphatic heterocycles. The second kappa shape index (κ2) is 10.8. The Labute approximate surface area is 233 Å². The summed E-state index contributed by atoms with van der Waals surface area (Å²) in [6.45, 7) is 9.54. The normalized spacial score (nSPS) is 22.1. The number of ether oxygens (including phenoxy) is 3. The van der Waals surface area contributed by atoms with Gasteiger partial charge in [0.2, 0.25) is 0 Å². The quantitative estimate of drug-likeness (QED) is 0.413. The summed E-state index contributed by atoms with van der Waals surface area (Å²) in [7, 11) is 0. The van der Waals surface area contributed by atoms with E-state index < -0.39 is 5.79 Å². The number of fused-ring (bicyclic) bond motifs is 1. The standard InChI is InChI=1S/C30H34N4O4S/c1-20-17-25-26(31-29(32-27(25)39-20)36-18-24-19-37-30(2,3)38-24)33-13-15-34(16-14-33)28(35)23-11-9-22(10-12-23)21-7-5-4-6-8-21/h4-12,20,24H,13-19H2,1-3H3/t20?,24-/m0/s1. The summed E-state index contributed by atoms with van der Waals surface area (Å²) < 4.78 is 17.5. The van der Waals surface area contributed by atoms with Crippen molar-refractivity contribution in [3.05, 3.63) is 65.7 Å². The Bertz CT molecular complexity index is 1330. The van der Waals surface area contributed by atoms with E-state index in [0.717, 1.165) is 28.4 Å². The first-order valence-electron chi connectivity index (χ1n) is 13.6. The first-order valence-corrected chi connectivity index (χ1v) is 14.4. The van der Waals surface area contributed by atoms with Crippen LogP contribution in [0.1, 0.15) is 36.7 Å². The first kappa shape index (κ1) is 26.1. The highest BCUT2D eigenvalue weighted by atomic mass is 32.2. The van der Waals surface area contributed by atoms with E-state index in [1.165, 1.54) is 5.56 Å². The first-order chi connectivity index (χ1) is 18.8. The molecule has 3 aromatic rings. The van der Waals surface area contributed by atoms with Gasteiger partial charge in [-0.15, -0.1) is 11.8 Å². The van der Waals surface area contributed by atoms with Crippen molar-refractivity contribution in [2.24, 2.45) is 0 Å². The van der Waals surface area contributed by atoms with Crippen molar-refractivity contribution >= 4 is 23.5 Å². The number of hydrogen-bond acceptors (Lipinski definition) is 8. The van der Waals surface area contributed by atoms with Gasteiger partial charge in [-0.25, -0.2) is 0 Å². The highest BCUT2D eigenvalue weighted by Gasteiger charge is 2.34. The van der Waals surface area contributed by atoms with Gasteiger partial charge in [0.05, 0.1) is 6.61 Å². The van der Waals surface area contributed by atoms with Gasteiger partial charge in [-0.05, 0) is 43.5 Å². The van der Waals surface area contributed by atoms with Crippen LogP contribution in [0.15, 0.2) is 59.6 Å². The zero-order valence-electron chi connectivity index (χ0n) is 22.6. The second-order valence-corrected chi connectivity index (χ2v) is 12.2. The summed E-state index contributed by atoms with van der Waals surface area (Å²) in [5, 5.41) is 1.43. The van der Waals surface area contributed by atoms with Crippen molar-refractivity contribution in [3.8, 4) is 17.1 Å². The summed E-state index contributed by atoms with van der Waals surface area (Å²) in [5.74, 6) is 0.400. The molecule has 2 saturated heterocycles. The minimum Gasteiger partial charge on any atom is -0.461 e. The van der Waals surface area contributed by atoms with E-state index in [1.54, 1.807) is 11.8 Å². The third-order valence-corrected chi connectivity index (χ3v) is 8.43. The highest BCUT2D eigenvalue weighted by Crippen LogP contribution is 2.41. The SMILES string of the molecule is CC1Cc2c(nc(OC[C@H]3COC(C)(C)O3)nc2N2CCN(C(=O)c3ccc(-c4ccccc4)cc3)CC2)S1. The third-order valence-electron chi connectivity index (χ3n) is 7.30. The van der Waals surface area contributed by atoms with Crippen LogP contribution < -0.4 is 9.64 Å². The van der Waals surface area contributed by atoms with Gasteiger partial charge >= 0.3 is 6.01 Å². The van der Waals surface area contributed by atoms with Crippen molar-refractivity contribution in [2.45, 2.75) is 49.4 Å². The van der Waals surface area contributed by atoms with Crippen molar-refractivity contribution in [1.82, 2.24) is 14.9 Å². The molecule has 204 valence electrons. The van der Waals surface area contributed by atoms with E-state index in [0.29, 0.717) is 56.2 Å². The van der Waals surface area contributed by atoms with Gasteiger partial charge in [-0.2, -0.15) is 9.97 Å². The summed E-state index contributed by atoms with van der Waals surface area (Å²) in [6, 6.07) is 18.5. The lowest BCUT2D eigenvalue weighted by Crippen LogP contribution is -2.49. The van der Waals surface area contributed by atoms with E-state index in [2.05, 4.69) is 24.0 Å². The molecular formula is C30H34N4O4S. The van der Waals surface area contributed by atoms with Crippen LogP contribution in [0.25, 0.3) is 11.1 Å². The molecule has 1 unspecified atom stereocenters. The Kier molecular flexibility index (Phi) is 7.22. The van der Waals surface area contributed by atoms with Gasteiger partial charge in [0, 0.05) is 42.6 Å². The molecule has 3 aliphatic rings. The highest BCUT2D eigenvalue weighted by molar-refractivity contribution is 8.00. The topological polar surface area (TPSA) is 77.0 Å². The fraction of sp³-hybridized carbons (Fsp3) is 0.433. The molecule has 0 bridgehead atoms. The van der Waals surface area contributed by atoms with Gasteiger partial charge in [0.25, 0.3) is 5.91 Å². The van der Waals surface area contributed by atoms with Crippen LogP contribution in [0.4, 0.5) is 5.82 Å². The predicted molar refractivity (Wildman–Crippen MR) is 151 cm³/mol. The summed E-state index contributed by atoms with van der Waals surface area (Å²) in [6.07, 6.45) is 0.777. The maximum Gasteiger partial charge on any atom is 0.319 e. The Morgan fingerprint density at radius 1 is 1.03 bits per heavy atom. The average molecular weight is 547 g/mol. The van der Waals surface area contributed by atoms with Crippen molar-refractivity contribution in [2.75, 3.05) is 44.3 Å². The molecule has 0 aliphatic carbocycles. The number of aromatic nitrogens is 2. The number of benzene rings is 2. The number of piperazine rings is 1. The predicted octanol–water partition coefficient (Wildman–Crippen LogP) is 4.67. The second-order valence-electron chi connectivity index (χ2n) is 10.7. The van der Waals surface area contributed by atoms with Crippen LogP contribution in [0.5, 0.6) is 6.01 Å². The van der Waals surface area contributed by atoms with Gasteiger partial charge in [0.1, 0.15) is 23.6 Å². The lowest BCUT2D eigenvalue weighted by atomic mass is 10.0. The lowest BCUT2D eigenvalue weighted by molar-refractivity contribution is -0.141. The average Bonchev–Trinajstić information content (AvgIpc) is 3.51. The lowest BCUT2D eigenvalue weighted by Gasteiger charge is -2.36. The molecule has 0 radical (unpaired) electrons. The van der Waals surface area contributed by atoms with E-state index in [4.69, 9.17) is 24.2 Å². The molecule has 0 saturated carbocycles. The smallest absolute Gasteiger partial charge is 0.319 e. The molecule has 2 fully saturated rings. The molecule has 39 heavy (non-hydrogen) atoms. The minimum absolute atomic E-state index is 0.0667. The number of anilines is 1.